The second kappa shape index (κ2) is 13.6. The van der Waals surface area contributed by atoms with Crippen LogP contribution in [-0.4, -0.2) is 51.7 Å². The summed E-state index contributed by atoms with van der Waals surface area (Å²) < 4.78 is 19.7. The first kappa shape index (κ1) is 28.6. The van der Waals surface area contributed by atoms with Crippen LogP contribution < -0.4 is 10.6 Å². The molecule has 10 nitrogen and oxygen atoms in total. The van der Waals surface area contributed by atoms with Gasteiger partial charge in [-0.2, -0.15) is 0 Å². The number of benzene rings is 2. The number of hydrogen-bond donors (Lipinski definition) is 3. The maximum absolute atomic E-state index is 12.1. The summed E-state index contributed by atoms with van der Waals surface area (Å²) in [5.41, 5.74) is 3.22. The molecule has 4 unspecified atom stereocenters. The number of carbonyl (C=O) groups is 2. The molecule has 1 saturated heterocycles. The van der Waals surface area contributed by atoms with Crippen molar-refractivity contribution in [1.82, 2.24) is 14.9 Å². The first-order valence-corrected chi connectivity index (χ1v) is 13.8. The number of urea groups is 1. The van der Waals surface area contributed by atoms with Gasteiger partial charge in [0.2, 0.25) is 0 Å². The molecule has 0 radical (unpaired) electrons. The summed E-state index contributed by atoms with van der Waals surface area (Å²) in [5, 5.41) is 15.5. The van der Waals surface area contributed by atoms with Crippen molar-refractivity contribution in [2.45, 2.75) is 44.1 Å². The molecule has 1 aromatic heterocycles. The highest BCUT2D eigenvalue weighted by Gasteiger charge is 2.38. The molecule has 3 N–H and O–H groups in total. The Labute approximate surface area is 232 Å². The third kappa shape index (κ3) is 7.60. The number of amides is 2. The number of rotatable bonds is 10. The third-order valence-corrected chi connectivity index (χ3v) is 7.56. The number of thioether (sulfide) groups is 1. The summed E-state index contributed by atoms with van der Waals surface area (Å²) in [6.45, 7) is 3.85. The van der Waals surface area contributed by atoms with Crippen LogP contribution in [0.1, 0.15) is 42.9 Å². The quantitative estimate of drug-likeness (QED) is 0.252. The van der Waals surface area contributed by atoms with Crippen molar-refractivity contribution in [2.24, 2.45) is 13.0 Å². The summed E-state index contributed by atoms with van der Waals surface area (Å²) in [6, 6.07) is 14.5. The van der Waals surface area contributed by atoms with Crippen LogP contribution in [0.5, 0.6) is 0 Å². The van der Waals surface area contributed by atoms with Crippen LogP contribution in [0, 0.1) is 5.92 Å². The summed E-state index contributed by atoms with van der Waals surface area (Å²) in [6.07, 6.45) is 2.71. The number of anilines is 1. The Morgan fingerprint density at radius 3 is 2.46 bits per heavy atom. The highest BCUT2D eigenvalue weighted by molar-refractivity contribution is 7.99. The third-order valence-electron chi connectivity index (χ3n) is 6.42. The zero-order chi connectivity index (χ0) is 27.8. The number of ether oxygens (including phenoxy) is 3. The van der Waals surface area contributed by atoms with E-state index in [4.69, 9.17) is 14.2 Å². The molecule has 2 aromatic carbocycles. The van der Waals surface area contributed by atoms with E-state index in [-0.39, 0.29) is 37.9 Å². The number of carbonyl (C=O) groups excluding carboxylic acids is 2. The predicted octanol–water partition coefficient (Wildman–Crippen LogP) is 4.18. The zero-order valence-corrected chi connectivity index (χ0v) is 23.0. The van der Waals surface area contributed by atoms with Crippen LogP contribution >= 0.6 is 11.8 Å². The van der Waals surface area contributed by atoms with Crippen LogP contribution in [0.15, 0.2) is 66.1 Å². The Kier molecular flexibility index (Phi) is 9.99. The summed E-state index contributed by atoms with van der Waals surface area (Å²) in [7, 11) is 1.96. The van der Waals surface area contributed by atoms with Gasteiger partial charge in [0.1, 0.15) is 6.54 Å². The van der Waals surface area contributed by atoms with Crippen molar-refractivity contribution in [1.29, 1.82) is 0 Å². The minimum atomic E-state index is -0.623. The van der Waals surface area contributed by atoms with Gasteiger partial charge in [-0.1, -0.05) is 55.1 Å². The molecule has 3 aromatic rings. The maximum Gasteiger partial charge on any atom is 0.325 e. The number of aromatic nitrogens is 2. The topological polar surface area (TPSA) is 124 Å². The highest BCUT2D eigenvalue weighted by Crippen LogP contribution is 2.43. The minimum Gasteiger partial charge on any atom is -0.465 e. The normalized spacial score (nSPS) is 20.8. The molecule has 1 fully saturated rings. The van der Waals surface area contributed by atoms with Crippen molar-refractivity contribution >= 4 is 29.4 Å². The van der Waals surface area contributed by atoms with E-state index in [1.807, 2.05) is 54.2 Å². The molecule has 0 aliphatic carbocycles. The lowest BCUT2D eigenvalue weighted by atomic mass is 9.91. The van der Waals surface area contributed by atoms with E-state index in [1.165, 1.54) is 0 Å². The standard InChI is InChI=1S/C28H34N4O6S/c1-4-36-24(34)15-30-27(35)31-22-11-9-21(10-12-22)26-37-23(17-39-28-29-13-14-32(28)3)18(2)25(38-26)20-7-5-19(16-33)6-8-20/h5-14,18,23,25-26,33H,4,15-17H2,1-3H3,(H2,30,31,35). The van der Waals surface area contributed by atoms with Gasteiger partial charge < -0.3 is 34.5 Å². The van der Waals surface area contributed by atoms with E-state index < -0.39 is 18.3 Å². The number of nitrogens with one attached hydrogen (secondary N) is 2. The number of aliphatic hydroxyl groups excluding tert-OH is 1. The molecule has 4 atom stereocenters. The zero-order valence-electron chi connectivity index (χ0n) is 22.2. The lowest BCUT2D eigenvalue weighted by Gasteiger charge is -2.41. The minimum absolute atomic E-state index is 0.0166. The fourth-order valence-electron chi connectivity index (χ4n) is 4.22. The van der Waals surface area contributed by atoms with E-state index in [0.717, 1.165) is 21.8 Å². The fourth-order valence-corrected chi connectivity index (χ4v) is 5.32. The molecule has 208 valence electrons. The van der Waals surface area contributed by atoms with Crippen molar-refractivity contribution < 1.29 is 28.9 Å². The van der Waals surface area contributed by atoms with Crippen LogP contribution in [0.4, 0.5) is 10.5 Å². The van der Waals surface area contributed by atoms with E-state index >= 15 is 0 Å². The average molecular weight is 555 g/mol. The highest BCUT2D eigenvalue weighted by atomic mass is 32.2. The van der Waals surface area contributed by atoms with Crippen molar-refractivity contribution in [3.8, 4) is 0 Å². The smallest absolute Gasteiger partial charge is 0.325 e. The monoisotopic (exact) mass is 554 g/mol. The molecule has 2 heterocycles. The van der Waals surface area contributed by atoms with Crippen molar-refractivity contribution in [2.75, 3.05) is 24.2 Å². The Morgan fingerprint density at radius 1 is 1.10 bits per heavy atom. The van der Waals surface area contributed by atoms with Gasteiger partial charge in [0.25, 0.3) is 0 Å². The molecule has 0 bridgehead atoms. The number of imidazole rings is 1. The van der Waals surface area contributed by atoms with Crippen molar-refractivity contribution in [3.63, 3.8) is 0 Å². The Balaban J connectivity index is 1.47. The molecule has 1 aliphatic rings. The van der Waals surface area contributed by atoms with Gasteiger partial charge in [-0.3, -0.25) is 4.79 Å². The Morgan fingerprint density at radius 2 is 1.82 bits per heavy atom. The maximum atomic E-state index is 12.1. The Bertz CT molecular complexity index is 1230. The lowest BCUT2D eigenvalue weighted by molar-refractivity contribution is -0.268. The van der Waals surface area contributed by atoms with Gasteiger partial charge in [0, 0.05) is 42.4 Å². The fraction of sp³-hybridized carbons (Fsp3) is 0.393. The second-order valence-corrected chi connectivity index (χ2v) is 10.2. The van der Waals surface area contributed by atoms with Crippen LogP contribution in [0.25, 0.3) is 0 Å². The number of hydrogen-bond acceptors (Lipinski definition) is 8. The van der Waals surface area contributed by atoms with E-state index in [0.29, 0.717) is 11.4 Å². The molecule has 0 saturated carbocycles. The van der Waals surface area contributed by atoms with Crippen LogP contribution in [0.3, 0.4) is 0 Å². The molecular weight excluding hydrogens is 520 g/mol. The van der Waals surface area contributed by atoms with Gasteiger partial charge in [-0.25, -0.2) is 9.78 Å². The average Bonchev–Trinajstić information content (AvgIpc) is 3.36. The van der Waals surface area contributed by atoms with Gasteiger partial charge in [-0.05, 0) is 30.2 Å². The number of nitrogens with zero attached hydrogens (tertiary/aromatic N) is 2. The first-order valence-electron chi connectivity index (χ1n) is 12.8. The number of aryl methyl sites for hydroxylation is 1. The number of aliphatic hydroxyl groups is 1. The van der Waals surface area contributed by atoms with Gasteiger partial charge in [0.05, 0.1) is 25.4 Å². The molecular formula is C28H34N4O6S. The molecule has 11 heteroatoms. The lowest BCUT2D eigenvalue weighted by Crippen LogP contribution is -2.38. The molecule has 1 aliphatic heterocycles. The molecule has 4 rings (SSSR count). The van der Waals surface area contributed by atoms with Crippen LogP contribution in [0.2, 0.25) is 0 Å². The van der Waals surface area contributed by atoms with Crippen molar-refractivity contribution in [3.05, 3.63) is 77.6 Å². The second-order valence-electron chi connectivity index (χ2n) is 9.19. The van der Waals surface area contributed by atoms with E-state index in [1.54, 1.807) is 37.0 Å². The molecule has 2 amide bonds. The summed E-state index contributed by atoms with van der Waals surface area (Å²) in [5.74, 6) is 0.246. The molecule has 39 heavy (non-hydrogen) atoms. The van der Waals surface area contributed by atoms with Crippen LogP contribution in [-0.2, 0) is 32.7 Å². The van der Waals surface area contributed by atoms with E-state index in [2.05, 4.69) is 22.5 Å². The molecule has 0 spiro atoms. The predicted molar refractivity (Wildman–Crippen MR) is 147 cm³/mol. The first-order chi connectivity index (χ1) is 18.9. The largest absolute Gasteiger partial charge is 0.465 e. The summed E-state index contributed by atoms with van der Waals surface area (Å²) in [4.78, 5) is 28.0. The van der Waals surface area contributed by atoms with Gasteiger partial charge in [0.15, 0.2) is 11.4 Å². The summed E-state index contributed by atoms with van der Waals surface area (Å²) >= 11 is 1.63. The van der Waals surface area contributed by atoms with Gasteiger partial charge in [-0.15, -0.1) is 0 Å². The van der Waals surface area contributed by atoms with E-state index in [9.17, 15) is 14.7 Å². The number of esters is 1. The van der Waals surface area contributed by atoms with Gasteiger partial charge >= 0.3 is 12.0 Å². The Hall–Kier alpha value is -3.38. The SMILES string of the molecule is CCOC(=O)CNC(=O)Nc1ccc(C2OC(CSc3nccn3C)C(C)C(c3ccc(CO)cc3)O2)cc1.